The van der Waals surface area contributed by atoms with E-state index in [4.69, 9.17) is 10.8 Å². The Labute approximate surface area is 124 Å². The van der Waals surface area contributed by atoms with Crippen molar-refractivity contribution < 1.29 is 14.7 Å². The molecule has 0 aliphatic carbocycles. The van der Waals surface area contributed by atoms with E-state index in [1.165, 1.54) is 0 Å². The summed E-state index contributed by atoms with van der Waals surface area (Å²) in [7, 11) is 0. The molecule has 5 heteroatoms. The number of carbonyl (C=O) groups is 2. The van der Waals surface area contributed by atoms with Gasteiger partial charge in [-0.05, 0) is 36.6 Å². The minimum Gasteiger partial charge on any atom is -0.384 e. The number of hydrogen-bond acceptors (Lipinski definition) is 3. The Morgan fingerprint density at radius 3 is 2.52 bits per heavy atom. The molecule has 112 valence electrons. The molecule has 1 atom stereocenters. The molecule has 1 rings (SSSR count). The maximum absolute atomic E-state index is 12.1. The van der Waals surface area contributed by atoms with E-state index < -0.39 is 11.9 Å². The number of benzene rings is 1. The van der Waals surface area contributed by atoms with Crippen molar-refractivity contribution in [2.45, 2.75) is 26.8 Å². The third-order valence-corrected chi connectivity index (χ3v) is 3.05. The van der Waals surface area contributed by atoms with Gasteiger partial charge in [-0.1, -0.05) is 25.7 Å². The van der Waals surface area contributed by atoms with E-state index in [-0.39, 0.29) is 18.4 Å². The highest BCUT2D eigenvalue weighted by Crippen LogP contribution is 2.11. The molecule has 1 aromatic carbocycles. The molecular weight excluding hydrogens is 268 g/mol. The summed E-state index contributed by atoms with van der Waals surface area (Å²) in [6, 6.07) is 4.32. The number of aliphatic hydroxyl groups is 1. The highest BCUT2D eigenvalue weighted by molar-refractivity contribution is 5.97. The summed E-state index contributed by atoms with van der Waals surface area (Å²) >= 11 is 0. The zero-order valence-electron chi connectivity index (χ0n) is 12.4. The van der Waals surface area contributed by atoms with Gasteiger partial charge in [0.2, 0.25) is 5.91 Å². The standard InChI is InChI=1S/C16H20N2O3/c1-10(2)14(15(17)20)18-16(21)13-7-6-12(5-4-8-19)11(3)9-13/h6-7,9-10,14,19H,8H2,1-3H3,(H2,17,20)(H,18,21). The van der Waals surface area contributed by atoms with E-state index >= 15 is 0 Å². The lowest BCUT2D eigenvalue weighted by atomic mass is 10.0. The molecule has 0 saturated heterocycles. The average Bonchev–Trinajstić information content (AvgIpc) is 2.42. The van der Waals surface area contributed by atoms with Gasteiger partial charge in [0.05, 0.1) is 0 Å². The molecule has 4 N–H and O–H groups in total. The number of nitrogens with one attached hydrogen (secondary N) is 1. The fourth-order valence-corrected chi connectivity index (χ4v) is 1.87. The first-order chi connectivity index (χ1) is 9.86. The normalized spacial score (nSPS) is 11.5. The van der Waals surface area contributed by atoms with Gasteiger partial charge in [0.25, 0.3) is 5.91 Å². The van der Waals surface area contributed by atoms with Gasteiger partial charge >= 0.3 is 0 Å². The van der Waals surface area contributed by atoms with Crippen molar-refractivity contribution in [1.29, 1.82) is 0 Å². The zero-order chi connectivity index (χ0) is 16.0. The van der Waals surface area contributed by atoms with Crippen LogP contribution >= 0.6 is 0 Å². The van der Waals surface area contributed by atoms with Crippen LogP contribution in [0.15, 0.2) is 18.2 Å². The Morgan fingerprint density at radius 1 is 1.38 bits per heavy atom. The number of hydrogen-bond donors (Lipinski definition) is 3. The molecule has 0 bridgehead atoms. The van der Waals surface area contributed by atoms with Gasteiger partial charge in [0, 0.05) is 11.1 Å². The number of rotatable bonds is 4. The van der Waals surface area contributed by atoms with Crippen molar-refractivity contribution in [3.63, 3.8) is 0 Å². The van der Waals surface area contributed by atoms with Gasteiger partial charge in [-0.3, -0.25) is 9.59 Å². The van der Waals surface area contributed by atoms with E-state index in [2.05, 4.69) is 17.2 Å². The quantitative estimate of drug-likeness (QED) is 0.708. The summed E-state index contributed by atoms with van der Waals surface area (Å²) in [5.74, 6) is 4.37. The van der Waals surface area contributed by atoms with Crippen LogP contribution in [0.4, 0.5) is 0 Å². The highest BCUT2D eigenvalue weighted by Gasteiger charge is 2.22. The third-order valence-electron chi connectivity index (χ3n) is 3.05. The smallest absolute Gasteiger partial charge is 0.251 e. The van der Waals surface area contributed by atoms with Crippen LogP contribution in [-0.2, 0) is 4.79 Å². The van der Waals surface area contributed by atoms with Crippen molar-refractivity contribution in [3.05, 3.63) is 34.9 Å². The van der Waals surface area contributed by atoms with Crippen molar-refractivity contribution >= 4 is 11.8 Å². The van der Waals surface area contributed by atoms with E-state index in [9.17, 15) is 9.59 Å². The molecule has 0 radical (unpaired) electrons. The number of amides is 2. The summed E-state index contributed by atoms with van der Waals surface area (Å²) in [5.41, 5.74) is 7.29. The fourth-order valence-electron chi connectivity index (χ4n) is 1.87. The molecule has 0 aliphatic rings. The highest BCUT2D eigenvalue weighted by atomic mass is 16.2. The van der Waals surface area contributed by atoms with E-state index in [0.717, 1.165) is 11.1 Å². The van der Waals surface area contributed by atoms with Gasteiger partial charge < -0.3 is 16.2 Å². The Balaban J connectivity index is 2.93. The van der Waals surface area contributed by atoms with Crippen molar-refractivity contribution in [1.82, 2.24) is 5.32 Å². The number of primary amides is 1. The van der Waals surface area contributed by atoms with E-state index in [1.807, 2.05) is 20.8 Å². The lowest BCUT2D eigenvalue weighted by Gasteiger charge is -2.19. The first-order valence-corrected chi connectivity index (χ1v) is 6.67. The number of nitrogens with two attached hydrogens (primary N) is 1. The van der Waals surface area contributed by atoms with Crippen LogP contribution in [0.25, 0.3) is 0 Å². The SMILES string of the molecule is Cc1cc(C(=O)NC(C(N)=O)C(C)C)ccc1C#CCO. The lowest BCUT2D eigenvalue weighted by Crippen LogP contribution is -2.47. The topological polar surface area (TPSA) is 92.4 Å². The van der Waals surface area contributed by atoms with Gasteiger partial charge in [-0.15, -0.1) is 0 Å². The largest absolute Gasteiger partial charge is 0.384 e. The van der Waals surface area contributed by atoms with Crippen LogP contribution in [0.2, 0.25) is 0 Å². The van der Waals surface area contributed by atoms with Gasteiger partial charge in [0.1, 0.15) is 12.6 Å². The molecule has 0 spiro atoms. The molecule has 1 unspecified atom stereocenters. The maximum Gasteiger partial charge on any atom is 0.251 e. The number of carbonyl (C=O) groups excluding carboxylic acids is 2. The van der Waals surface area contributed by atoms with Crippen LogP contribution in [-0.4, -0.2) is 29.6 Å². The minimum atomic E-state index is -0.702. The van der Waals surface area contributed by atoms with Crippen LogP contribution in [0.1, 0.15) is 35.3 Å². The summed E-state index contributed by atoms with van der Waals surface area (Å²) < 4.78 is 0. The van der Waals surface area contributed by atoms with Crippen molar-refractivity contribution in [2.24, 2.45) is 11.7 Å². The molecule has 0 aromatic heterocycles. The Hall–Kier alpha value is -2.32. The van der Waals surface area contributed by atoms with Crippen LogP contribution in [0.5, 0.6) is 0 Å². The van der Waals surface area contributed by atoms with Crippen LogP contribution in [0, 0.1) is 24.7 Å². The lowest BCUT2D eigenvalue weighted by molar-refractivity contribution is -0.120. The van der Waals surface area contributed by atoms with E-state index in [0.29, 0.717) is 5.56 Å². The Morgan fingerprint density at radius 2 is 2.05 bits per heavy atom. The van der Waals surface area contributed by atoms with Gasteiger partial charge in [0.15, 0.2) is 0 Å². The first kappa shape index (κ1) is 16.7. The summed E-state index contributed by atoms with van der Waals surface area (Å²) in [6.07, 6.45) is 0. The first-order valence-electron chi connectivity index (χ1n) is 6.67. The predicted molar refractivity (Wildman–Crippen MR) is 80.4 cm³/mol. The Bertz CT molecular complexity index is 597. The second kappa shape index (κ2) is 7.46. The van der Waals surface area contributed by atoms with Crippen molar-refractivity contribution in [2.75, 3.05) is 6.61 Å². The summed E-state index contributed by atoms with van der Waals surface area (Å²) in [5, 5.41) is 11.3. The molecule has 2 amide bonds. The molecule has 1 aromatic rings. The maximum atomic E-state index is 12.1. The predicted octanol–water partition coefficient (Wildman–Crippen LogP) is 0.579. The minimum absolute atomic E-state index is 0.0813. The number of aryl methyl sites for hydroxylation is 1. The van der Waals surface area contributed by atoms with Crippen LogP contribution in [0.3, 0.4) is 0 Å². The molecule has 0 saturated carbocycles. The summed E-state index contributed by atoms with van der Waals surface area (Å²) in [6.45, 7) is 5.24. The van der Waals surface area contributed by atoms with Crippen molar-refractivity contribution in [3.8, 4) is 11.8 Å². The molecule has 21 heavy (non-hydrogen) atoms. The van der Waals surface area contributed by atoms with E-state index in [1.54, 1.807) is 18.2 Å². The number of aliphatic hydroxyl groups excluding tert-OH is 1. The second-order valence-corrected chi connectivity index (χ2v) is 5.09. The second-order valence-electron chi connectivity index (χ2n) is 5.09. The molecule has 0 aliphatic heterocycles. The molecule has 0 fully saturated rings. The summed E-state index contributed by atoms with van der Waals surface area (Å²) in [4.78, 5) is 23.5. The third kappa shape index (κ3) is 4.62. The zero-order valence-corrected chi connectivity index (χ0v) is 12.4. The molecule has 0 heterocycles. The van der Waals surface area contributed by atoms with Gasteiger partial charge in [-0.25, -0.2) is 0 Å². The van der Waals surface area contributed by atoms with Gasteiger partial charge in [-0.2, -0.15) is 0 Å². The average molecular weight is 288 g/mol. The monoisotopic (exact) mass is 288 g/mol. The molecule has 5 nitrogen and oxygen atoms in total. The Kier molecular flexibility index (Phi) is 5.94. The molecular formula is C16H20N2O3. The van der Waals surface area contributed by atoms with Crippen LogP contribution < -0.4 is 11.1 Å². The fraction of sp³-hybridized carbons (Fsp3) is 0.375.